The largest absolute Gasteiger partial charge is 0.290 e. The molecule has 0 saturated carbocycles. The summed E-state index contributed by atoms with van der Waals surface area (Å²) in [7, 11) is 0. The molecular formula is C29H33FN2S. The third-order valence-corrected chi connectivity index (χ3v) is 6.54. The molecule has 0 N–H and O–H groups in total. The number of rotatable bonds is 11. The van der Waals surface area contributed by atoms with Crippen molar-refractivity contribution >= 4 is 18.0 Å². The monoisotopic (exact) mass is 460 g/mol. The minimum Gasteiger partial charge on any atom is -0.290 e. The first-order valence-electron chi connectivity index (χ1n) is 11.5. The Bertz CT molecular complexity index is 1110. The first kappa shape index (κ1) is 24.9. The van der Waals surface area contributed by atoms with Crippen LogP contribution in [0, 0.1) is 12.7 Å². The number of allylic oxidation sites excluding steroid dienone is 1. The molecule has 0 spiro atoms. The molecule has 1 atom stereocenters. The molecule has 33 heavy (non-hydrogen) atoms. The van der Waals surface area contributed by atoms with Crippen molar-refractivity contribution in [2.45, 2.75) is 56.9 Å². The Balaban J connectivity index is 1.63. The summed E-state index contributed by atoms with van der Waals surface area (Å²) in [6.07, 6.45) is 10.6. The second-order valence-electron chi connectivity index (χ2n) is 8.40. The Kier molecular flexibility index (Phi) is 9.44. The molecule has 1 heterocycles. The van der Waals surface area contributed by atoms with Gasteiger partial charge in [-0.25, -0.2) is 4.39 Å². The van der Waals surface area contributed by atoms with Crippen LogP contribution in [-0.4, -0.2) is 23.5 Å². The van der Waals surface area contributed by atoms with Gasteiger partial charge >= 0.3 is 0 Å². The SMILES string of the molecule is C=C(C=NC(CC)CCCc1cccc(C)c1)Cc1ncccc1-c1ccc(F)cc1SC. The van der Waals surface area contributed by atoms with E-state index < -0.39 is 0 Å². The number of hydrogen-bond acceptors (Lipinski definition) is 3. The fraction of sp³-hybridized carbons (Fsp3) is 0.310. The van der Waals surface area contributed by atoms with Gasteiger partial charge in [-0.3, -0.25) is 9.98 Å². The molecule has 1 aromatic heterocycles. The van der Waals surface area contributed by atoms with E-state index in [1.54, 1.807) is 12.3 Å². The van der Waals surface area contributed by atoms with Crippen LogP contribution in [-0.2, 0) is 12.8 Å². The van der Waals surface area contributed by atoms with Crippen molar-refractivity contribution in [1.29, 1.82) is 0 Å². The summed E-state index contributed by atoms with van der Waals surface area (Å²) >= 11 is 1.54. The van der Waals surface area contributed by atoms with Gasteiger partial charge in [0.1, 0.15) is 5.82 Å². The normalized spacial score (nSPS) is 12.2. The number of aryl methyl sites for hydroxylation is 2. The van der Waals surface area contributed by atoms with Crippen molar-refractivity contribution in [3.05, 3.63) is 95.6 Å². The van der Waals surface area contributed by atoms with Crippen LogP contribution in [0.1, 0.15) is 43.0 Å². The van der Waals surface area contributed by atoms with Crippen LogP contribution in [0.5, 0.6) is 0 Å². The van der Waals surface area contributed by atoms with Gasteiger partial charge in [0.15, 0.2) is 0 Å². The maximum absolute atomic E-state index is 13.7. The van der Waals surface area contributed by atoms with Crippen LogP contribution in [0.4, 0.5) is 4.39 Å². The van der Waals surface area contributed by atoms with Crippen molar-refractivity contribution in [2.75, 3.05) is 6.26 Å². The lowest BCUT2D eigenvalue weighted by Gasteiger charge is -2.13. The Morgan fingerprint density at radius 2 is 2.00 bits per heavy atom. The maximum Gasteiger partial charge on any atom is 0.124 e. The second-order valence-corrected chi connectivity index (χ2v) is 9.25. The standard InChI is InChI=1S/C29H33FN2S/c1-5-25(12-7-11-23-10-6-9-21(2)17-23)32-20-22(3)18-28-26(13-8-16-31-28)27-15-14-24(30)19-29(27)33-4/h6,8-10,13-17,19-20,25H,3,5,7,11-12,18H2,1-2,4H3. The minimum absolute atomic E-state index is 0.224. The molecule has 0 saturated heterocycles. The van der Waals surface area contributed by atoms with Gasteiger partial charge in [0, 0.05) is 35.3 Å². The molecule has 0 radical (unpaired) electrons. The molecule has 1 unspecified atom stereocenters. The van der Waals surface area contributed by atoms with Gasteiger partial charge < -0.3 is 0 Å². The van der Waals surface area contributed by atoms with Gasteiger partial charge in [-0.2, -0.15) is 0 Å². The second kappa shape index (κ2) is 12.5. The lowest BCUT2D eigenvalue weighted by atomic mass is 10.00. The maximum atomic E-state index is 13.7. The third-order valence-electron chi connectivity index (χ3n) is 5.76. The van der Waals surface area contributed by atoms with Crippen molar-refractivity contribution in [3.63, 3.8) is 0 Å². The number of aromatic nitrogens is 1. The molecule has 172 valence electrons. The summed E-state index contributed by atoms with van der Waals surface area (Å²) in [4.78, 5) is 10.3. The van der Waals surface area contributed by atoms with Crippen LogP contribution in [0.2, 0.25) is 0 Å². The van der Waals surface area contributed by atoms with Crippen LogP contribution in [0.25, 0.3) is 11.1 Å². The number of pyridine rings is 1. The van der Waals surface area contributed by atoms with E-state index in [4.69, 9.17) is 4.99 Å². The Labute approximate surface area is 202 Å². The Morgan fingerprint density at radius 3 is 2.76 bits per heavy atom. The van der Waals surface area contributed by atoms with E-state index in [2.05, 4.69) is 49.7 Å². The zero-order valence-corrected chi connectivity index (χ0v) is 20.7. The van der Waals surface area contributed by atoms with Crippen molar-refractivity contribution < 1.29 is 4.39 Å². The van der Waals surface area contributed by atoms with Gasteiger partial charge in [-0.1, -0.05) is 55.5 Å². The molecule has 0 aliphatic heterocycles. The van der Waals surface area contributed by atoms with E-state index in [9.17, 15) is 4.39 Å². The number of benzene rings is 2. The summed E-state index contributed by atoms with van der Waals surface area (Å²) in [5.74, 6) is -0.224. The molecule has 3 rings (SSSR count). The van der Waals surface area contributed by atoms with Gasteiger partial charge in [0.05, 0.1) is 5.69 Å². The van der Waals surface area contributed by atoms with E-state index in [-0.39, 0.29) is 5.82 Å². The van der Waals surface area contributed by atoms with Crippen LogP contribution >= 0.6 is 11.8 Å². The summed E-state index contributed by atoms with van der Waals surface area (Å²) in [5, 5.41) is 0. The van der Waals surface area contributed by atoms with Gasteiger partial charge in [0.25, 0.3) is 0 Å². The lowest BCUT2D eigenvalue weighted by molar-refractivity contribution is 0.572. The molecular weight excluding hydrogens is 427 g/mol. The highest BCUT2D eigenvalue weighted by molar-refractivity contribution is 7.98. The third kappa shape index (κ3) is 7.40. The Hall–Kier alpha value is -2.72. The van der Waals surface area contributed by atoms with Crippen LogP contribution in [0.3, 0.4) is 0 Å². The van der Waals surface area contributed by atoms with Gasteiger partial charge in [-0.05, 0) is 73.8 Å². The summed E-state index contributed by atoms with van der Waals surface area (Å²) < 4.78 is 13.7. The molecule has 0 fully saturated rings. The van der Waals surface area contributed by atoms with E-state index in [0.717, 1.165) is 53.0 Å². The number of nitrogens with zero attached hydrogens (tertiary/aromatic N) is 2. The van der Waals surface area contributed by atoms with Gasteiger partial charge in [0.2, 0.25) is 0 Å². The fourth-order valence-electron chi connectivity index (χ4n) is 3.98. The molecule has 0 bridgehead atoms. The molecule has 0 aliphatic carbocycles. The summed E-state index contributed by atoms with van der Waals surface area (Å²) in [6, 6.07) is 17.9. The van der Waals surface area contributed by atoms with Crippen molar-refractivity contribution in [2.24, 2.45) is 4.99 Å². The first-order chi connectivity index (χ1) is 16.0. The number of thioether (sulfide) groups is 1. The van der Waals surface area contributed by atoms with Crippen LogP contribution in [0.15, 0.2) is 82.8 Å². The molecule has 2 nitrogen and oxygen atoms in total. The molecule has 0 amide bonds. The van der Waals surface area contributed by atoms with E-state index in [1.807, 2.05) is 30.7 Å². The fourth-order valence-corrected chi connectivity index (χ4v) is 4.61. The molecule has 0 aliphatic rings. The predicted molar refractivity (Wildman–Crippen MR) is 141 cm³/mol. The van der Waals surface area contributed by atoms with E-state index >= 15 is 0 Å². The lowest BCUT2D eigenvalue weighted by Crippen LogP contribution is -2.05. The van der Waals surface area contributed by atoms with Crippen molar-refractivity contribution in [1.82, 2.24) is 4.98 Å². The highest BCUT2D eigenvalue weighted by atomic mass is 32.2. The summed E-state index contributed by atoms with van der Waals surface area (Å²) in [5.41, 5.74) is 6.59. The topological polar surface area (TPSA) is 25.2 Å². The van der Waals surface area contributed by atoms with E-state index in [1.165, 1.54) is 29.0 Å². The number of aliphatic imine (C=N–C) groups is 1. The highest BCUT2D eigenvalue weighted by Crippen LogP contribution is 2.33. The quantitative estimate of drug-likeness (QED) is 0.215. The van der Waals surface area contributed by atoms with Crippen molar-refractivity contribution in [3.8, 4) is 11.1 Å². The van der Waals surface area contributed by atoms with E-state index in [0.29, 0.717) is 12.5 Å². The van der Waals surface area contributed by atoms with Gasteiger partial charge in [-0.15, -0.1) is 11.8 Å². The number of halogens is 1. The molecule has 3 aromatic rings. The van der Waals surface area contributed by atoms with Crippen LogP contribution < -0.4 is 0 Å². The zero-order valence-electron chi connectivity index (χ0n) is 19.9. The minimum atomic E-state index is -0.224. The average molecular weight is 461 g/mol. The average Bonchev–Trinajstić information content (AvgIpc) is 2.81. The zero-order chi connectivity index (χ0) is 23.6. The molecule has 2 aromatic carbocycles. The summed E-state index contributed by atoms with van der Waals surface area (Å²) in [6.45, 7) is 8.56. The predicted octanol–water partition coefficient (Wildman–Crippen LogP) is 7.89. The highest BCUT2D eigenvalue weighted by Gasteiger charge is 2.12. The number of hydrogen-bond donors (Lipinski definition) is 0. The first-order valence-corrected chi connectivity index (χ1v) is 12.8. The molecule has 4 heteroatoms. The Morgan fingerprint density at radius 1 is 1.15 bits per heavy atom. The smallest absolute Gasteiger partial charge is 0.124 e.